The summed E-state index contributed by atoms with van der Waals surface area (Å²) in [7, 11) is 0. The molecule has 0 fully saturated rings. The molecule has 0 aliphatic rings. The van der Waals surface area contributed by atoms with Crippen LogP contribution < -0.4 is 9.80 Å². The molecule has 0 spiro atoms. The van der Waals surface area contributed by atoms with E-state index in [0.717, 1.165) is 28.2 Å². The monoisotopic (exact) mass is 574 g/mol. The smallest absolute Gasteiger partial charge is 0.234 e. The lowest BCUT2D eigenvalue weighted by Gasteiger charge is -2.32. The Labute approximate surface area is 261 Å². The standard InChI is InChI=1S/C40H38N4/c1-27-21-29(3)38(30(4)22-27)44(39-31(5)23-28(2)24-32(39)6)37-19-17-36(18-20-37)43(35-15-11-8-12-16-35)40-41-25-34(26-42-40)33-13-9-7-10-14-33/h7-26H,1-6H3. The first-order valence-corrected chi connectivity index (χ1v) is 15.1. The van der Waals surface area contributed by atoms with Gasteiger partial charge in [0.1, 0.15) is 0 Å². The van der Waals surface area contributed by atoms with Crippen molar-refractivity contribution in [1.29, 1.82) is 0 Å². The van der Waals surface area contributed by atoms with E-state index < -0.39 is 0 Å². The highest BCUT2D eigenvalue weighted by molar-refractivity contribution is 5.85. The van der Waals surface area contributed by atoms with E-state index >= 15 is 0 Å². The predicted molar refractivity (Wildman–Crippen MR) is 185 cm³/mol. The summed E-state index contributed by atoms with van der Waals surface area (Å²) in [6.45, 7) is 13.2. The third-order valence-electron chi connectivity index (χ3n) is 8.04. The van der Waals surface area contributed by atoms with Gasteiger partial charge in [-0.2, -0.15) is 0 Å². The van der Waals surface area contributed by atoms with Gasteiger partial charge in [-0.05, 0) is 106 Å². The molecule has 4 heteroatoms. The Morgan fingerprint density at radius 3 is 1.25 bits per heavy atom. The van der Waals surface area contributed by atoms with Crippen molar-refractivity contribution >= 4 is 34.4 Å². The minimum Gasteiger partial charge on any atom is -0.309 e. The van der Waals surface area contributed by atoms with Gasteiger partial charge in [-0.1, -0.05) is 83.9 Å². The summed E-state index contributed by atoms with van der Waals surface area (Å²) in [5.41, 5.74) is 15.2. The lowest BCUT2D eigenvalue weighted by Crippen LogP contribution is -2.17. The summed E-state index contributed by atoms with van der Waals surface area (Å²) in [5.74, 6) is 0.621. The first-order valence-electron chi connectivity index (χ1n) is 15.1. The van der Waals surface area contributed by atoms with E-state index in [4.69, 9.17) is 9.97 Å². The summed E-state index contributed by atoms with van der Waals surface area (Å²) in [4.78, 5) is 14.2. The van der Waals surface area contributed by atoms with Crippen LogP contribution >= 0.6 is 0 Å². The fourth-order valence-electron chi connectivity index (χ4n) is 6.34. The summed E-state index contributed by atoms with van der Waals surface area (Å²) < 4.78 is 0. The van der Waals surface area contributed by atoms with Gasteiger partial charge in [-0.3, -0.25) is 4.90 Å². The van der Waals surface area contributed by atoms with Crippen LogP contribution in [0.2, 0.25) is 0 Å². The zero-order chi connectivity index (χ0) is 30.8. The van der Waals surface area contributed by atoms with Crippen LogP contribution in [0.5, 0.6) is 0 Å². The minimum atomic E-state index is 0.621. The van der Waals surface area contributed by atoms with Crippen LogP contribution in [0.3, 0.4) is 0 Å². The molecule has 0 saturated heterocycles. The van der Waals surface area contributed by atoms with Crippen molar-refractivity contribution in [3.05, 3.63) is 155 Å². The van der Waals surface area contributed by atoms with E-state index in [1.165, 1.54) is 44.8 Å². The van der Waals surface area contributed by atoms with Gasteiger partial charge in [-0.15, -0.1) is 0 Å². The third-order valence-corrected chi connectivity index (χ3v) is 8.04. The summed E-state index contributed by atoms with van der Waals surface area (Å²) >= 11 is 0. The molecular formula is C40H38N4. The van der Waals surface area contributed by atoms with Crippen molar-refractivity contribution in [1.82, 2.24) is 9.97 Å². The average molecular weight is 575 g/mol. The second kappa shape index (κ2) is 12.2. The van der Waals surface area contributed by atoms with Gasteiger partial charge < -0.3 is 4.90 Å². The van der Waals surface area contributed by atoms with Crippen LogP contribution in [-0.2, 0) is 0 Å². The highest BCUT2D eigenvalue weighted by atomic mass is 15.3. The van der Waals surface area contributed by atoms with E-state index in [2.05, 4.69) is 124 Å². The molecule has 0 radical (unpaired) electrons. The van der Waals surface area contributed by atoms with Gasteiger partial charge in [0.05, 0.1) is 11.4 Å². The van der Waals surface area contributed by atoms with Gasteiger partial charge >= 0.3 is 0 Å². The average Bonchev–Trinajstić information content (AvgIpc) is 3.01. The second-order valence-electron chi connectivity index (χ2n) is 11.7. The summed E-state index contributed by atoms with van der Waals surface area (Å²) in [6, 6.07) is 38.4. The zero-order valence-electron chi connectivity index (χ0n) is 26.3. The normalized spacial score (nSPS) is 11.0. The lowest BCUT2D eigenvalue weighted by molar-refractivity contribution is 1.08. The van der Waals surface area contributed by atoms with Crippen LogP contribution in [0.15, 0.2) is 122 Å². The lowest BCUT2D eigenvalue weighted by atomic mass is 9.98. The summed E-state index contributed by atoms with van der Waals surface area (Å²) in [5, 5.41) is 0. The summed E-state index contributed by atoms with van der Waals surface area (Å²) in [6.07, 6.45) is 3.80. The number of hydrogen-bond donors (Lipinski definition) is 0. The quantitative estimate of drug-likeness (QED) is 0.190. The molecule has 0 saturated carbocycles. The van der Waals surface area contributed by atoms with Gasteiger partial charge in [-0.25, -0.2) is 9.97 Å². The van der Waals surface area contributed by atoms with Crippen molar-refractivity contribution in [2.75, 3.05) is 9.80 Å². The van der Waals surface area contributed by atoms with E-state index in [1.54, 1.807) is 0 Å². The van der Waals surface area contributed by atoms with Crippen molar-refractivity contribution in [3.8, 4) is 11.1 Å². The Morgan fingerprint density at radius 2 is 0.795 bits per heavy atom. The molecule has 0 amide bonds. The molecule has 0 bridgehead atoms. The molecule has 5 aromatic carbocycles. The van der Waals surface area contributed by atoms with Crippen molar-refractivity contribution < 1.29 is 0 Å². The first-order chi connectivity index (χ1) is 21.3. The number of para-hydroxylation sites is 1. The topological polar surface area (TPSA) is 32.3 Å². The van der Waals surface area contributed by atoms with Gasteiger partial charge in [0, 0.05) is 35.0 Å². The molecule has 4 nitrogen and oxygen atoms in total. The van der Waals surface area contributed by atoms with Gasteiger partial charge in [0.2, 0.25) is 5.95 Å². The molecule has 0 N–H and O–H groups in total. The first kappa shape index (κ1) is 28.9. The van der Waals surface area contributed by atoms with Crippen LogP contribution in [0, 0.1) is 41.5 Å². The molecule has 44 heavy (non-hydrogen) atoms. The number of nitrogens with zero attached hydrogens (tertiary/aromatic N) is 4. The van der Waals surface area contributed by atoms with E-state index in [0.29, 0.717) is 5.95 Å². The van der Waals surface area contributed by atoms with Crippen molar-refractivity contribution in [3.63, 3.8) is 0 Å². The Balaban J connectivity index is 1.46. The molecule has 0 unspecified atom stereocenters. The number of hydrogen-bond acceptors (Lipinski definition) is 4. The van der Waals surface area contributed by atoms with E-state index in [1.807, 2.05) is 48.8 Å². The fraction of sp³-hybridized carbons (Fsp3) is 0.150. The van der Waals surface area contributed by atoms with Crippen LogP contribution in [0.1, 0.15) is 33.4 Å². The fourth-order valence-corrected chi connectivity index (χ4v) is 6.34. The van der Waals surface area contributed by atoms with Crippen molar-refractivity contribution in [2.24, 2.45) is 0 Å². The maximum Gasteiger partial charge on any atom is 0.234 e. The Kier molecular flexibility index (Phi) is 7.99. The Bertz CT molecular complexity index is 1790. The van der Waals surface area contributed by atoms with E-state index in [9.17, 15) is 0 Å². The van der Waals surface area contributed by atoms with Crippen LogP contribution in [0.25, 0.3) is 11.1 Å². The largest absolute Gasteiger partial charge is 0.309 e. The number of benzene rings is 5. The second-order valence-corrected chi connectivity index (χ2v) is 11.7. The molecular weight excluding hydrogens is 536 g/mol. The zero-order valence-corrected chi connectivity index (χ0v) is 26.3. The molecule has 6 aromatic rings. The number of aromatic nitrogens is 2. The molecule has 1 aromatic heterocycles. The minimum absolute atomic E-state index is 0.621. The Hall–Kier alpha value is -5.22. The number of anilines is 6. The molecule has 1 heterocycles. The maximum absolute atomic E-state index is 4.83. The van der Waals surface area contributed by atoms with Gasteiger partial charge in [0.15, 0.2) is 0 Å². The molecule has 6 rings (SSSR count). The Morgan fingerprint density at radius 1 is 0.409 bits per heavy atom. The number of rotatable bonds is 7. The molecule has 0 aliphatic carbocycles. The third kappa shape index (κ3) is 5.71. The maximum atomic E-state index is 4.83. The van der Waals surface area contributed by atoms with Crippen molar-refractivity contribution in [2.45, 2.75) is 41.5 Å². The SMILES string of the molecule is Cc1cc(C)c(N(c2ccc(N(c3ccccc3)c3ncc(-c4ccccc4)cn3)cc2)c2c(C)cc(C)cc2C)c(C)c1. The van der Waals surface area contributed by atoms with Crippen LogP contribution in [0.4, 0.5) is 34.4 Å². The molecule has 0 atom stereocenters. The van der Waals surface area contributed by atoms with Crippen LogP contribution in [-0.4, -0.2) is 9.97 Å². The molecule has 0 aliphatic heterocycles. The number of aryl methyl sites for hydroxylation is 6. The van der Waals surface area contributed by atoms with Gasteiger partial charge in [0.25, 0.3) is 0 Å². The molecule has 218 valence electrons. The van der Waals surface area contributed by atoms with E-state index in [-0.39, 0.29) is 0 Å². The highest BCUT2D eigenvalue weighted by Crippen LogP contribution is 2.43. The predicted octanol–water partition coefficient (Wildman–Crippen LogP) is 10.9. The highest BCUT2D eigenvalue weighted by Gasteiger charge is 2.22.